The van der Waals surface area contributed by atoms with Gasteiger partial charge in [-0.15, -0.1) is 0 Å². The predicted molar refractivity (Wildman–Crippen MR) is 125 cm³/mol. The number of nitrogens with zero attached hydrogens (tertiary/aromatic N) is 5. The van der Waals surface area contributed by atoms with E-state index in [2.05, 4.69) is 20.4 Å². The van der Waals surface area contributed by atoms with Crippen molar-refractivity contribution in [2.24, 2.45) is 0 Å². The summed E-state index contributed by atoms with van der Waals surface area (Å²) in [6, 6.07) is 16.7. The van der Waals surface area contributed by atoms with Crippen LogP contribution in [0.4, 0.5) is 5.82 Å². The Kier molecular flexibility index (Phi) is 6.20. The largest absolute Gasteiger partial charge is 0.363 e. The van der Waals surface area contributed by atoms with E-state index < -0.39 is 10.0 Å². The average molecular weight is 451 g/mol. The Labute approximate surface area is 188 Å². The Morgan fingerprint density at radius 3 is 2.34 bits per heavy atom. The van der Waals surface area contributed by atoms with Crippen molar-refractivity contribution in [3.8, 4) is 5.69 Å². The molecule has 0 aliphatic rings. The Morgan fingerprint density at radius 1 is 1.00 bits per heavy atom. The molecule has 0 saturated heterocycles. The van der Waals surface area contributed by atoms with Crippen LogP contribution in [0.2, 0.25) is 0 Å². The molecule has 1 atom stereocenters. The number of benzene rings is 2. The third-order valence-electron chi connectivity index (χ3n) is 5.44. The van der Waals surface area contributed by atoms with E-state index in [1.165, 1.54) is 10.6 Å². The number of sulfonamides is 1. The summed E-state index contributed by atoms with van der Waals surface area (Å²) in [5.74, 6) is 0.671. The summed E-state index contributed by atoms with van der Waals surface area (Å²) in [6.45, 7) is 6.56. The number of anilines is 1. The molecule has 4 rings (SSSR count). The number of hydrogen-bond acceptors (Lipinski definition) is 6. The van der Waals surface area contributed by atoms with Gasteiger partial charge in [-0.3, -0.25) is 0 Å². The number of hydrogen-bond donors (Lipinski definition) is 1. The molecule has 166 valence electrons. The van der Waals surface area contributed by atoms with Gasteiger partial charge < -0.3 is 5.32 Å². The highest BCUT2D eigenvalue weighted by Gasteiger charge is 2.22. The van der Waals surface area contributed by atoms with Gasteiger partial charge in [-0.1, -0.05) is 44.2 Å². The fraction of sp³-hybridized carbons (Fsp3) is 0.261. The lowest BCUT2D eigenvalue weighted by molar-refractivity contribution is 0.445. The van der Waals surface area contributed by atoms with Gasteiger partial charge in [0.1, 0.15) is 12.1 Å². The summed E-state index contributed by atoms with van der Waals surface area (Å²) in [4.78, 5) is 9.11. The zero-order valence-corrected chi connectivity index (χ0v) is 19.1. The molecule has 0 spiro atoms. The summed E-state index contributed by atoms with van der Waals surface area (Å²) in [7, 11) is -3.47. The molecule has 9 heteroatoms. The van der Waals surface area contributed by atoms with Gasteiger partial charge in [0.2, 0.25) is 10.0 Å². The lowest BCUT2D eigenvalue weighted by Crippen LogP contribution is -2.30. The van der Waals surface area contributed by atoms with Crippen LogP contribution in [0.15, 0.2) is 72.0 Å². The third kappa shape index (κ3) is 4.09. The maximum atomic E-state index is 12.7. The van der Waals surface area contributed by atoms with Crippen LogP contribution in [0.25, 0.3) is 16.7 Å². The Balaban J connectivity index is 1.58. The standard InChI is InChI=1S/C23H26N6O2S/c1-4-28(5-2)32(30,31)20-13-11-18(12-14-20)17(3)27-22-21-15-26-29(23(21)25-16-24-22)19-9-7-6-8-10-19/h6-17H,4-5H2,1-3H3,(H,24,25,27)/t17-/m1/s1. The van der Waals surface area contributed by atoms with Gasteiger partial charge >= 0.3 is 0 Å². The molecule has 0 fully saturated rings. The van der Waals surface area contributed by atoms with Crippen molar-refractivity contribution in [1.82, 2.24) is 24.1 Å². The Hall–Kier alpha value is -3.30. The van der Waals surface area contributed by atoms with E-state index in [9.17, 15) is 8.42 Å². The van der Waals surface area contributed by atoms with Gasteiger partial charge in [-0.25, -0.2) is 23.1 Å². The van der Waals surface area contributed by atoms with Crippen LogP contribution in [0, 0.1) is 0 Å². The summed E-state index contributed by atoms with van der Waals surface area (Å²) >= 11 is 0. The predicted octanol–water partition coefficient (Wildman–Crippen LogP) is 4.02. The first-order chi connectivity index (χ1) is 15.5. The molecule has 0 aliphatic carbocycles. The van der Waals surface area contributed by atoms with E-state index in [-0.39, 0.29) is 6.04 Å². The Bertz CT molecular complexity index is 1300. The van der Waals surface area contributed by atoms with Crippen molar-refractivity contribution in [3.63, 3.8) is 0 Å². The smallest absolute Gasteiger partial charge is 0.243 e. The van der Waals surface area contributed by atoms with Crippen molar-refractivity contribution in [3.05, 3.63) is 72.7 Å². The summed E-state index contributed by atoms with van der Waals surface area (Å²) in [6.07, 6.45) is 3.26. The van der Waals surface area contributed by atoms with Crippen LogP contribution >= 0.6 is 0 Å². The molecule has 0 aliphatic heterocycles. The molecule has 2 heterocycles. The zero-order valence-electron chi connectivity index (χ0n) is 18.3. The van der Waals surface area contributed by atoms with E-state index >= 15 is 0 Å². The minimum Gasteiger partial charge on any atom is -0.363 e. The second-order valence-electron chi connectivity index (χ2n) is 7.38. The first-order valence-corrected chi connectivity index (χ1v) is 12.0. The second kappa shape index (κ2) is 9.05. The van der Waals surface area contributed by atoms with Crippen LogP contribution in [0.5, 0.6) is 0 Å². The summed E-state index contributed by atoms with van der Waals surface area (Å²) in [5.41, 5.74) is 2.58. The minimum absolute atomic E-state index is 0.0987. The van der Waals surface area contributed by atoms with Gasteiger partial charge in [0.25, 0.3) is 0 Å². The highest BCUT2D eigenvalue weighted by Crippen LogP contribution is 2.26. The van der Waals surface area contributed by atoms with Gasteiger partial charge in [0.15, 0.2) is 5.65 Å². The van der Waals surface area contributed by atoms with Gasteiger partial charge in [-0.05, 0) is 36.8 Å². The molecule has 0 bridgehead atoms. The molecule has 0 unspecified atom stereocenters. The summed E-state index contributed by atoms with van der Waals surface area (Å²) < 4.78 is 28.7. The normalized spacial score (nSPS) is 12.9. The number of para-hydroxylation sites is 1. The molecule has 0 saturated carbocycles. The summed E-state index contributed by atoms with van der Waals surface area (Å²) in [5, 5.41) is 8.69. The lowest BCUT2D eigenvalue weighted by atomic mass is 10.1. The molecule has 32 heavy (non-hydrogen) atoms. The number of rotatable bonds is 8. The first-order valence-electron chi connectivity index (χ1n) is 10.6. The highest BCUT2D eigenvalue weighted by molar-refractivity contribution is 7.89. The molecular formula is C23H26N6O2S. The number of aromatic nitrogens is 4. The van der Waals surface area contributed by atoms with Crippen LogP contribution in [-0.4, -0.2) is 45.6 Å². The molecule has 2 aromatic carbocycles. The SMILES string of the molecule is CCN(CC)S(=O)(=O)c1ccc([C@@H](C)Nc2ncnc3c2cnn3-c2ccccc2)cc1. The topological polar surface area (TPSA) is 93.0 Å². The van der Waals surface area contributed by atoms with E-state index in [0.29, 0.717) is 29.5 Å². The van der Waals surface area contributed by atoms with Crippen molar-refractivity contribution >= 4 is 26.9 Å². The van der Waals surface area contributed by atoms with E-state index in [0.717, 1.165) is 16.6 Å². The molecule has 2 aromatic heterocycles. The van der Waals surface area contributed by atoms with Crippen LogP contribution in [-0.2, 0) is 10.0 Å². The zero-order chi connectivity index (χ0) is 22.7. The fourth-order valence-electron chi connectivity index (χ4n) is 3.65. The van der Waals surface area contributed by atoms with Crippen LogP contribution < -0.4 is 5.32 Å². The fourth-order valence-corrected chi connectivity index (χ4v) is 5.10. The molecule has 8 nitrogen and oxygen atoms in total. The monoisotopic (exact) mass is 450 g/mol. The quantitative estimate of drug-likeness (QED) is 0.436. The van der Waals surface area contributed by atoms with E-state index in [1.807, 2.05) is 63.2 Å². The minimum atomic E-state index is -3.47. The van der Waals surface area contributed by atoms with Crippen molar-refractivity contribution < 1.29 is 8.42 Å². The van der Waals surface area contributed by atoms with E-state index in [4.69, 9.17) is 0 Å². The second-order valence-corrected chi connectivity index (χ2v) is 9.31. The van der Waals surface area contributed by atoms with Gasteiger partial charge in [0.05, 0.1) is 22.2 Å². The Morgan fingerprint density at radius 2 is 1.69 bits per heavy atom. The van der Waals surface area contributed by atoms with Crippen molar-refractivity contribution in [2.75, 3.05) is 18.4 Å². The highest BCUT2D eigenvalue weighted by atomic mass is 32.2. The lowest BCUT2D eigenvalue weighted by Gasteiger charge is -2.19. The molecule has 0 amide bonds. The molecule has 4 aromatic rings. The molecule has 0 radical (unpaired) electrons. The maximum absolute atomic E-state index is 12.7. The molecule has 1 N–H and O–H groups in total. The van der Waals surface area contributed by atoms with Crippen LogP contribution in [0.1, 0.15) is 32.4 Å². The van der Waals surface area contributed by atoms with Gasteiger partial charge in [0, 0.05) is 19.1 Å². The van der Waals surface area contributed by atoms with Crippen LogP contribution in [0.3, 0.4) is 0 Å². The third-order valence-corrected chi connectivity index (χ3v) is 7.51. The average Bonchev–Trinajstić information content (AvgIpc) is 3.25. The van der Waals surface area contributed by atoms with Crippen molar-refractivity contribution in [1.29, 1.82) is 0 Å². The van der Waals surface area contributed by atoms with Gasteiger partial charge in [-0.2, -0.15) is 9.40 Å². The molecular weight excluding hydrogens is 424 g/mol. The number of fused-ring (bicyclic) bond motifs is 1. The van der Waals surface area contributed by atoms with Crippen molar-refractivity contribution in [2.45, 2.75) is 31.7 Å². The van der Waals surface area contributed by atoms with E-state index in [1.54, 1.807) is 23.0 Å². The first kappa shape index (κ1) is 21.9. The number of nitrogens with one attached hydrogen (secondary N) is 1. The maximum Gasteiger partial charge on any atom is 0.243 e.